The number of hydrogen-bond acceptors (Lipinski definition) is 9. The molecule has 0 heterocycles. The Hall–Kier alpha value is -2.01. The molecule has 0 fully saturated rings. The van der Waals surface area contributed by atoms with E-state index in [4.69, 9.17) is 18.9 Å². The normalized spacial score (nSPS) is 12.9. The third-order valence-electron chi connectivity index (χ3n) is 5.81. The summed E-state index contributed by atoms with van der Waals surface area (Å²) in [6.07, 6.45) is 10.3. The smallest absolute Gasteiger partial charge is 0.408 e. The third kappa shape index (κ3) is 23.3. The van der Waals surface area contributed by atoms with E-state index in [1.807, 2.05) is 13.8 Å². The monoisotopic (exact) mass is 604 g/mol. The molecule has 2 amide bonds. The largest absolute Gasteiger partial charge is 0.467 e. The van der Waals surface area contributed by atoms with Gasteiger partial charge in [-0.2, -0.15) is 11.8 Å². The molecule has 10 nitrogen and oxygen atoms in total. The average molecular weight is 605 g/mol. The molecule has 2 atom stereocenters. The molecular formula is C30H56N2O8S. The van der Waals surface area contributed by atoms with E-state index >= 15 is 0 Å². The van der Waals surface area contributed by atoms with Crippen LogP contribution in [-0.2, 0) is 33.3 Å². The molecule has 11 heteroatoms. The van der Waals surface area contributed by atoms with E-state index in [0.717, 1.165) is 19.3 Å². The second-order valence-corrected chi connectivity index (χ2v) is 12.7. The fraction of sp³-hybridized carbons (Fsp3) is 0.867. The number of methoxy groups -OCH3 is 1. The molecule has 0 aromatic carbocycles. The quantitative estimate of drug-likeness (QED) is 0.0894. The van der Waals surface area contributed by atoms with Crippen LogP contribution < -0.4 is 10.6 Å². The second-order valence-electron chi connectivity index (χ2n) is 11.6. The molecule has 0 aliphatic carbocycles. The summed E-state index contributed by atoms with van der Waals surface area (Å²) in [6.45, 7) is 11.9. The average Bonchev–Trinajstić information content (AvgIpc) is 2.88. The lowest BCUT2D eigenvalue weighted by molar-refractivity contribution is -0.147. The summed E-state index contributed by atoms with van der Waals surface area (Å²) in [6, 6.07) is -2.02. The number of carbonyl (C=O) groups is 4. The van der Waals surface area contributed by atoms with Crippen molar-refractivity contribution < 1.29 is 38.1 Å². The Labute approximate surface area is 252 Å². The Morgan fingerprint density at radius 1 is 0.829 bits per heavy atom. The molecule has 0 spiro atoms. The number of hydrogen-bond donors (Lipinski definition) is 2. The molecule has 0 radical (unpaired) electrons. The molecule has 0 unspecified atom stereocenters. The minimum atomic E-state index is -1.03. The predicted octanol–water partition coefficient (Wildman–Crippen LogP) is 5.41. The van der Waals surface area contributed by atoms with Crippen LogP contribution in [0.3, 0.4) is 0 Å². The van der Waals surface area contributed by atoms with Crippen molar-refractivity contribution in [1.82, 2.24) is 10.6 Å². The maximum Gasteiger partial charge on any atom is 0.408 e. The van der Waals surface area contributed by atoms with E-state index in [1.54, 1.807) is 20.8 Å². The summed E-state index contributed by atoms with van der Waals surface area (Å²) in [5, 5.41) is 5.19. The van der Waals surface area contributed by atoms with Crippen molar-refractivity contribution in [3.05, 3.63) is 0 Å². The standard InChI is InChI=1S/C30H56N2O8S/c1-8-9-10-11-12-13-14-15-16-17-26(33)39-18-19-41-22-25(32-29(36)40-30(4,5)6)27(34)31-24(28(35)37-7)21-38-20-23(2)3/h23-25H,8-22H2,1-7H3,(H,31,34)(H,32,36)/t24-,25-/m0/s1. The van der Waals surface area contributed by atoms with Gasteiger partial charge in [-0.3, -0.25) is 9.59 Å². The Balaban J connectivity index is 4.65. The first-order chi connectivity index (χ1) is 19.4. The van der Waals surface area contributed by atoms with Gasteiger partial charge >= 0.3 is 18.0 Å². The topological polar surface area (TPSA) is 129 Å². The summed E-state index contributed by atoms with van der Waals surface area (Å²) in [4.78, 5) is 49.7. The molecule has 0 rings (SSSR count). The first kappa shape index (κ1) is 39.0. The number of unbranched alkanes of at least 4 members (excludes halogenated alkanes) is 8. The zero-order chi connectivity index (χ0) is 31.1. The lowest BCUT2D eigenvalue weighted by Crippen LogP contribution is -2.54. The first-order valence-electron chi connectivity index (χ1n) is 15.1. The molecule has 0 aromatic heterocycles. The molecule has 0 saturated heterocycles. The summed E-state index contributed by atoms with van der Waals surface area (Å²) < 4.78 is 21.0. The van der Waals surface area contributed by atoms with Crippen molar-refractivity contribution >= 4 is 35.7 Å². The van der Waals surface area contributed by atoms with E-state index < -0.39 is 35.7 Å². The maximum atomic E-state index is 13.1. The van der Waals surface area contributed by atoms with Crippen LogP contribution in [-0.4, -0.2) is 80.1 Å². The van der Waals surface area contributed by atoms with E-state index in [2.05, 4.69) is 17.6 Å². The zero-order valence-corrected chi connectivity index (χ0v) is 27.3. The van der Waals surface area contributed by atoms with Crippen molar-refractivity contribution in [3.63, 3.8) is 0 Å². The number of carbonyl (C=O) groups excluding carboxylic acids is 4. The summed E-state index contributed by atoms with van der Waals surface area (Å²) >= 11 is 1.34. The van der Waals surface area contributed by atoms with Gasteiger partial charge in [-0.25, -0.2) is 9.59 Å². The van der Waals surface area contributed by atoms with Crippen LogP contribution in [0.5, 0.6) is 0 Å². The zero-order valence-electron chi connectivity index (χ0n) is 26.5. The number of nitrogens with one attached hydrogen (secondary N) is 2. The number of ether oxygens (including phenoxy) is 4. The number of alkyl carbamates (subject to hydrolysis) is 1. The lowest BCUT2D eigenvalue weighted by Gasteiger charge is -2.25. The van der Waals surface area contributed by atoms with Gasteiger partial charge in [0.25, 0.3) is 0 Å². The number of rotatable bonds is 23. The predicted molar refractivity (Wildman–Crippen MR) is 163 cm³/mol. The SMILES string of the molecule is CCCCCCCCCCCC(=O)OCCSC[C@H](NC(=O)OC(C)(C)C)C(=O)N[C@@H](COCC(C)C)C(=O)OC. The maximum absolute atomic E-state index is 13.1. The number of thioether (sulfide) groups is 1. The van der Waals surface area contributed by atoms with Gasteiger partial charge in [-0.15, -0.1) is 0 Å². The van der Waals surface area contributed by atoms with Gasteiger partial charge in [0.2, 0.25) is 5.91 Å². The highest BCUT2D eigenvalue weighted by Gasteiger charge is 2.29. The summed E-state index contributed by atoms with van der Waals surface area (Å²) in [7, 11) is 1.23. The second kappa shape index (κ2) is 23.5. The highest BCUT2D eigenvalue weighted by Crippen LogP contribution is 2.12. The highest BCUT2D eigenvalue weighted by atomic mass is 32.2. The van der Waals surface area contributed by atoms with E-state index in [-0.39, 0.29) is 30.9 Å². The van der Waals surface area contributed by atoms with Crippen molar-refractivity contribution in [2.45, 2.75) is 123 Å². The van der Waals surface area contributed by atoms with Crippen LogP contribution >= 0.6 is 11.8 Å². The van der Waals surface area contributed by atoms with Gasteiger partial charge in [-0.1, -0.05) is 72.1 Å². The molecule has 0 aliphatic rings. The number of amides is 2. The van der Waals surface area contributed by atoms with Crippen LogP contribution in [0.25, 0.3) is 0 Å². The van der Waals surface area contributed by atoms with Crippen molar-refractivity contribution in [3.8, 4) is 0 Å². The Bertz CT molecular complexity index is 742. The molecule has 0 saturated carbocycles. The van der Waals surface area contributed by atoms with Gasteiger partial charge in [0.05, 0.1) is 13.7 Å². The van der Waals surface area contributed by atoms with Crippen LogP contribution in [0.1, 0.15) is 106 Å². The fourth-order valence-electron chi connectivity index (χ4n) is 3.71. The molecule has 0 aromatic rings. The Morgan fingerprint density at radius 3 is 2.00 bits per heavy atom. The molecule has 0 aliphatic heterocycles. The van der Waals surface area contributed by atoms with Gasteiger partial charge in [-0.05, 0) is 33.1 Å². The van der Waals surface area contributed by atoms with Crippen molar-refractivity contribution in [2.75, 3.05) is 38.4 Å². The van der Waals surface area contributed by atoms with Gasteiger partial charge in [0.1, 0.15) is 18.2 Å². The molecular weight excluding hydrogens is 548 g/mol. The van der Waals surface area contributed by atoms with Crippen LogP contribution in [0.4, 0.5) is 4.79 Å². The highest BCUT2D eigenvalue weighted by molar-refractivity contribution is 7.99. The minimum absolute atomic E-state index is 0.0577. The third-order valence-corrected chi connectivity index (χ3v) is 6.83. The summed E-state index contributed by atoms with van der Waals surface area (Å²) in [5.41, 5.74) is -0.750. The first-order valence-corrected chi connectivity index (χ1v) is 16.2. The molecule has 0 bridgehead atoms. The van der Waals surface area contributed by atoms with Gasteiger partial charge in [0.15, 0.2) is 6.04 Å². The number of esters is 2. The van der Waals surface area contributed by atoms with Crippen molar-refractivity contribution in [1.29, 1.82) is 0 Å². The molecule has 2 N–H and O–H groups in total. The van der Waals surface area contributed by atoms with Gasteiger partial charge < -0.3 is 29.6 Å². The Kier molecular flexibility index (Phi) is 22.4. The van der Waals surface area contributed by atoms with E-state index in [1.165, 1.54) is 57.4 Å². The van der Waals surface area contributed by atoms with Crippen LogP contribution in [0, 0.1) is 5.92 Å². The van der Waals surface area contributed by atoms with Gasteiger partial charge in [0, 0.05) is 24.5 Å². The Morgan fingerprint density at radius 2 is 1.44 bits per heavy atom. The summed E-state index contributed by atoms with van der Waals surface area (Å²) in [5.74, 6) is -0.569. The van der Waals surface area contributed by atoms with Crippen LogP contribution in [0.15, 0.2) is 0 Å². The minimum Gasteiger partial charge on any atom is -0.467 e. The van der Waals surface area contributed by atoms with E-state index in [9.17, 15) is 19.2 Å². The lowest BCUT2D eigenvalue weighted by atomic mass is 10.1. The van der Waals surface area contributed by atoms with Crippen molar-refractivity contribution in [2.24, 2.45) is 5.92 Å². The molecule has 41 heavy (non-hydrogen) atoms. The molecule has 240 valence electrons. The van der Waals surface area contributed by atoms with Crippen LogP contribution in [0.2, 0.25) is 0 Å². The van der Waals surface area contributed by atoms with E-state index in [0.29, 0.717) is 18.8 Å². The fourth-order valence-corrected chi connectivity index (χ4v) is 4.54.